The zero-order chi connectivity index (χ0) is 22.7. The van der Waals surface area contributed by atoms with Crippen LogP contribution in [0.4, 0.5) is 10.1 Å². The second kappa shape index (κ2) is 9.36. The molecule has 0 atom stereocenters. The van der Waals surface area contributed by atoms with Crippen molar-refractivity contribution < 1.29 is 14.0 Å². The third kappa shape index (κ3) is 5.34. The van der Waals surface area contributed by atoms with E-state index in [-0.39, 0.29) is 46.6 Å². The summed E-state index contributed by atoms with van der Waals surface area (Å²) in [5, 5.41) is 6.24. The monoisotopic (exact) mass is 463 g/mol. The van der Waals surface area contributed by atoms with E-state index in [1.165, 1.54) is 13.0 Å². The molecule has 0 unspecified atom stereocenters. The number of aryl methyl sites for hydroxylation is 1. The average Bonchev–Trinajstić information content (AvgIpc) is 3.00. The van der Waals surface area contributed by atoms with Gasteiger partial charge in [-0.15, -0.1) is 0 Å². The van der Waals surface area contributed by atoms with Gasteiger partial charge in [0.1, 0.15) is 5.82 Å². The van der Waals surface area contributed by atoms with Gasteiger partial charge in [0.05, 0.1) is 34.2 Å². The van der Waals surface area contributed by atoms with Crippen molar-refractivity contribution in [3.63, 3.8) is 0 Å². The van der Waals surface area contributed by atoms with Crippen LogP contribution in [0.2, 0.25) is 10.0 Å². The fraction of sp³-hybridized carbons (Fsp3) is 0.190. The molecule has 0 fully saturated rings. The van der Waals surface area contributed by atoms with Gasteiger partial charge in [-0.05, 0) is 36.2 Å². The quantitative estimate of drug-likeness (QED) is 0.338. The molecule has 10 heteroatoms. The molecule has 3 rings (SSSR count). The molecule has 0 aliphatic rings. The van der Waals surface area contributed by atoms with Crippen molar-refractivity contribution in [2.24, 2.45) is 10.7 Å². The van der Waals surface area contributed by atoms with Crippen LogP contribution in [0, 0.1) is 12.7 Å². The number of aromatic nitrogens is 1. The van der Waals surface area contributed by atoms with Gasteiger partial charge in [0.2, 0.25) is 11.8 Å². The van der Waals surface area contributed by atoms with Gasteiger partial charge in [-0.3, -0.25) is 14.9 Å². The van der Waals surface area contributed by atoms with E-state index in [4.69, 9.17) is 28.9 Å². The normalized spacial score (nSPS) is 11.6. The molecule has 0 aliphatic heterocycles. The molecule has 31 heavy (non-hydrogen) atoms. The van der Waals surface area contributed by atoms with Crippen LogP contribution in [-0.4, -0.2) is 22.8 Å². The Morgan fingerprint density at radius 2 is 1.90 bits per heavy atom. The number of aliphatic imine (C=N–C) groups is 1. The first-order valence-electron chi connectivity index (χ1n) is 9.26. The number of aromatic amines is 1. The predicted molar refractivity (Wildman–Crippen MR) is 121 cm³/mol. The molecule has 0 radical (unpaired) electrons. The first-order valence-corrected chi connectivity index (χ1v) is 10.0. The van der Waals surface area contributed by atoms with Crippen LogP contribution >= 0.6 is 23.2 Å². The number of halogens is 3. The topological polar surface area (TPSA) is 112 Å². The highest BCUT2D eigenvalue weighted by Crippen LogP contribution is 2.32. The molecule has 1 heterocycles. The van der Waals surface area contributed by atoms with Crippen LogP contribution in [0.25, 0.3) is 10.9 Å². The molecular formula is C21H20Cl2FN5O2. The Balaban J connectivity index is 1.67. The second-order valence-electron chi connectivity index (χ2n) is 6.93. The molecule has 0 spiro atoms. The Bertz CT molecular complexity index is 1180. The third-order valence-electron chi connectivity index (χ3n) is 4.54. The Kier molecular flexibility index (Phi) is 6.82. The Labute approximate surface area is 187 Å². The fourth-order valence-corrected chi connectivity index (χ4v) is 3.80. The summed E-state index contributed by atoms with van der Waals surface area (Å²) >= 11 is 12.3. The lowest BCUT2D eigenvalue weighted by Gasteiger charge is -2.10. The van der Waals surface area contributed by atoms with Crippen molar-refractivity contribution >= 4 is 57.6 Å². The average molecular weight is 464 g/mol. The number of nitrogens with zero attached hydrogens (tertiary/aromatic N) is 1. The minimum atomic E-state index is -0.383. The number of nitrogens with two attached hydrogens (primary N) is 1. The van der Waals surface area contributed by atoms with E-state index in [1.807, 2.05) is 0 Å². The van der Waals surface area contributed by atoms with Crippen molar-refractivity contribution in [1.82, 2.24) is 10.3 Å². The zero-order valence-electron chi connectivity index (χ0n) is 16.8. The van der Waals surface area contributed by atoms with Crippen LogP contribution < -0.4 is 16.4 Å². The Hall–Kier alpha value is -3.10. The summed E-state index contributed by atoms with van der Waals surface area (Å²) in [6, 6.07) is 7.89. The van der Waals surface area contributed by atoms with Gasteiger partial charge in [0.15, 0.2) is 5.96 Å². The smallest absolute Gasteiger partial charge is 0.231 e. The van der Waals surface area contributed by atoms with Gasteiger partial charge in [0, 0.05) is 18.0 Å². The molecular weight excluding hydrogens is 444 g/mol. The van der Waals surface area contributed by atoms with E-state index in [0.29, 0.717) is 33.4 Å². The van der Waals surface area contributed by atoms with E-state index in [1.54, 1.807) is 31.2 Å². The van der Waals surface area contributed by atoms with Crippen LogP contribution in [0.5, 0.6) is 0 Å². The minimum absolute atomic E-state index is 0.00851. The molecule has 2 aromatic carbocycles. The van der Waals surface area contributed by atoms with Crippen LogP contribution in [0.3, 0.4) is 0 Å². The summed E-state index contributed by atoms with van der Waals surface area (Å²) in [4.78, 5) is 30.7. The largest absolute Gasteiger partial charge is 0.370 e. The summed E-state index contributed by atoms with van der Waals surface area (Å²) < 4.78 is 13.9. The first kappa shape index (κ1) is 22.6. The number of fused-ring (bicyclic) bond motifs is 1. The number of anilines is 1. The number of rotatable bonds is 5. The fourth-order valence-electron chi connectivity index (χ4n) is 3.17. The van der Waals surface area contributed by atoms with Crippen LogP contribution in [-0.2, 0) is 22.6 Å². The number of benzene rings is 2. The maximum atomic E-state index is 13.9. The molecule has 2 amide bonds. The standard InChI is InChI=1S/C21H20Cl2FN5O2/c1-10-14(13-4-3-5-17(24)19(13)27-10)8-18(31)29-21(25)26-9-12-6-15(22)20(16(23)7-12)28-11(2)30/h3-7,27H,8-9H2,1-2H3,(H,28,30)(H3,25,26,29,31). The predicted octanol–water partition coefficient (Wildman–Crippen LogP) is 4.05. The van der Waals surface area contributed by atoms with Crippen LogP contribution in [0.15, 0.2) is 35.3 Å². The molecule has 5 N–H and O–H groups in total. The Morgan fingerprint density at radius 3 is 2.55 bits per heavy atom. The SMILES string of the molecule is CC(=O)Nc1c(Cl)cc(CN=C(N)NC(=O)Cc2c(C)[nH]c3c(F)cccc23)cc1Cl. The van der Waals surface area contributed by atoms with Crippen molar-refractivity contribution in [2.45, 2.75) is 26.8 Å². The van der Waals surface area contributed by atoms with Gasteiger partial charge in [-0.25, -0.2) is 9.38 Å². The molecule has 1 aromatic heterocycles. The lowest BCUT2D eigenvalue weighted by atomic mass is 10.1. The lowest BCUT2D eigenvalue weighted by molar-refractivity contribution is -0.119. The molecule has 162 valence electrons. The first-order chi connectivity index (χ1) is 14.7. The molecule has 0 aliphatic carbocycles. The maximum Gasteiger partial charge on any atom is 0.231 e. The third-order valence-corrected chi connectivity index (χ3v) is 5.14. The van der Waals surface area contributed by atoms with Crippen molar-refractivity contribution in [3.8, 4) is 0 Å². The van der Waals surface area contributed by atoms with Gasteiger partial charge in [-0.2, -0.15) is 0 Å². The minimum Gasteiger partial charge on any atom is -0.370 e. The van der Waals surface area contributed by atoms with Gasteiger partial charge in [0.25, 0.3) is 0 Å². The number of hydrogen-bond acceptors (Lipinski definition) is 3. The number of amides is 2. The highest BCUT2D eigenvalue weighted by Gasteiger charge is 2.15. The van der Waals surface area contributed by atoms with E-state index < -0.39 is 0 Å². The summed E-state index contributed by atoms with van der Waals surface area (Å²) in [7, 11) is 0. The van der Waals surface area contributed by atoms with Crippen molar-refractivity contribution in [3.05, 3.63) is 63.0 Å². The van der Waals surface area contributed by atoms with E-state index in [9.17, 15) is 14.0 Å². The van der Waals surface area contributed by atoms with E-state index in [2.05, 4.69) is 20.6 Å². The molecule has 0 saturated carbocycles. The molecule has 0 saturated heterocycles. The number of carbonyl (C=O) groups is 2. The van der Waals surface area contributed by atoms with Crippen molar-refractivity contribution in [1.29, 1.82) is 0 Å². The van der Waals surface area contributed by atoms with Crippen LogP contribution in [0.1, 0.15) is 23.7 Å². The highest BCUT2D eigenvalue weighted by atomic mass is 35.5. The number of nitrogens with one attached hydrogen (secondary N) is 3. The summed E-state index contributed by atoms with van der Waals surface area (Å²) in [6.45, 7) is 3.24. The summed E-state index contributed by atoms with van der Waals surface area (Å²) in [6.07, 6.45) is 0.00851. The van der Waals surface area contributed by atoms with Gasteiger partial charge in [-0.1, -0.05) is 35.3 Å². The summed E-state index contributed by atoms with van der Waals surface area (Å²) in [5.74, 6) is -1.14. The highest BCUT2D eigenvalue weighted by molar-refractivity contribution is 6.39. The van der Waals surface area contributed by atoms with Gasteiger partial charge >= 0.3 is 0 Å². The van der Waals surface area contributed by atoms with E-state index in [0.717, 1.165) is 0 Å². The number of H-pyrrole nitrogens is 1. The molecule has 0 bridgehead atoms. The number of carbonyl (C=O) groups excluding carboxylic acids is 2. The number of hydrogen-bond donors (Lipinski definition) is 4. The number of guanidine groups is 1. The molecule has 7 nitrogen and oxygen atoms in total. The summed E-state index contributed by atoms with van der Waals surface area (Å²) in [5.41, 5.74) is 8.54. The van der Waals surface area contributed by atoms with Gasteiger partial charge < -0.3 is 16.0 Å². The van der Waals surface area contributed by atoms with E-state index >= 15 is 0 Å². The number of para-hydroxylation sites is 1. The molecule has 3 aromatic rings. The second-order valence-corrected chi connectivity index (χ2v) is 7.75. The Morgan fingerprint density at radius 1 is 1.23 bits per heavy atom. The lowest BCUT2D eigenvalue weighted by Crippen LogP contribution is -2.37. The van der Waals surface area contributed by atoms with Crippen molar-refractivity contribution in [2.75, 3.05) is 5.32 Å². The zero-order valence-corrected chi connectivity index (χ0v) is 18.3. The maximum absolute atomic E-state index is 13.9.